The highest BCUT2D eigenvalue weighted by Crippen LogP contribution is 2.32. The molecule has 0 spiro atoms. The smallest absolute Gasteiger partial charge is 0.138 e. The monoisotopic (exact) mass is 336 g/mol. The molecule has 6 heteroatoms. The van der Waals surface area contributed by atoms with Gasteiger partial charge in [0.2, 0.25) is 0 Å². The molecule has 0 radical (unpaired) electrons. The van der Waals surface area contributed by atoms with Gasteiger partial charge < -0.3 is 5.11 Å². The molecule has 3 rings (SSSR count). The van der Waals surface area contributed by atoms with E-state index < -0.39 is 11.9 Å². The van der Waals surface area contributed by atoms with E-state index in [-0.39, 0.29) is 0 Å². The lowest BCUT2D eigenvalue weighted by atomic mass is 9.93. The van der Waals surface area contributed by atoms with Crippen LogP contribution >= 0.6 is 0 Å². The minimum absolute atomic E-state index is 0.390. The quantitative estimate of drug-likeness (QED) is 0.794. The summed E-state index contributed by atoms with van der Waals surface area (Å²) in [5.41, 5.74) is 4.24. The van der Waals surface area contributed by atoms with E-state index in [1.54, 1.807) is 38.5 Å². The fourth-order valence-electron chi connectivity index (χ4n) is 2.87. The van der Waals surface area contributed by atoms with Crippen LogP contribution in [0, 0.1) is 17.1 Å². The summed E-state index contributed by atoms with van der Waals surface area (Å²) < 4.78 is 15.1. The Morgan fingerprint density at radius 3 is 2.76 bits per heavy atom. The Balaban J connectivity index is 2.06. The molecule has 126 valence electrons. The summed E-state index contributed by atoms with van der Waals surface area (Å²) in [7, 11) is 1.72. The molecule has 2 heterocycles. The highest BCUT2D eigenvalue weighted by atomic mass is 19.1. The van der Waals surface area contributed by atoms with Gasteiger partial charge in [0.25, 0.3) is 0 Å². The number of aryl methyl sites for hydroxylation is 1. The lowest BCUT2D eigenvalue weighted by Crippen LogP contribution is -2.00. The average Bonchev–Trinajstić information content (AvgIpc) is 2.95. The summed E-state index contributed by atoms with van der Waals surface area (Å²) in [6.07, 6.45) is 3.07. The Kier molecular flexibility index (Phi) is 4.59. The molecule has 1 N–H and O–H groups in total. The number of hydrogen-bond donors (Lipinski definition) is 1. The maximum absolute atomic E-state index is 13.6. The molecule has 1 unspecified atom stereocenters. The molecule has 0 aliphatic rings. The number of rotatable bonds is 4. The third-order valence-electron chi connectivity index (χ3n) is 4.07. The number of nitriles is 1. The van der Waals surface area contributed by atoms with Gasteiger partial charge >= 0.3 is 0 Å². The summed E-state index contributed by atoms with van der Waals surface area (Å²) >= 11 is 0. The van der Waals surface area contributed by atoms with E-state index in [0.29, 0.717) is 17.7 Å². The van der Waals surface area contributed by atoms with Gasteiger partial charge in [-0.2, -0.15) is 10.4 Å². The second kappa shape index (κ2) is 6.83. The van der Waals surface area contributed by atoms with E-state index in [2.05, 4.69) is 16.2 Å². The molecule has 25 heavy (non-hydrogen) atoms. The van der Waals surface area contributed by atoms with Crippen LogP contribution in [0.2, 0.25) is 0 Å². The molecule has 0 aliphatic heterocycles. The number of hydrogen-bond acceptors (Lipinski definition) is 4. The van der Waals surface area contributed by atoms with Crippen molar-refractivity contribution < 1.29 is 9.50 Å². The Hall–Kier alpha value is -3.04. The van der Waals surface area contributed by atoms with Gasteiger partial charge in [-0.1, -0.05) is 6.07 Å². The fourth-order valence-corrected chi connectivity index (χ4v) is 2.87. The van der Waals surface area contributed by atoms with Gasteiger partial charge in [0.1, 0.15) is 17.6 Å². The fraction of sp³-hybridized carbons (Fsp3) is 0.211. The SMILES string of the molecule is CC(O)c1cc(F)ccc1-c1ccncc1Cc1cc(C#N)n(C)n1. The van der Waals surface area contributed by atoms with Gasteiger partial charge in [0, 0.05) is 25.9 Å². The number of pyridine rings is 1. The van der Waals surface area contributed by atoms with Gasteiger partial charge in [-0.05, 0) is 53.4 Å². The first-order valence-corrected chi connectivity index (χ1v) is 7.83. The van der Waals surface area contributed by atoms with Crippen molar-refractivity contribution >= 4 is 0 Å². The molecule has 0 amide bonds. The second-order valence-electron chi connectivity index (χ2n) is 5.87. The number of aromatic nitrogens is 3. The largest absolute Gasteiger partial charge is 0.389 e. The van der Waals surface area contributed by atoms with Crippen LogP contribution in [0.4, 0.5) is 4.39 Å². The number of halogens is 1. The number of benzene rings is 1. The highest BCUT2D eigenvalue weighted by molar-refractivity contribution is 5.71. The van der Waals surface area contributed by atoms with Gasteiger partial charge in [-0.25, -0.2) is 4.39 Å². The minimum atomic E-state index is -0.799. The predicted molar refractivity (Wildman–Crippen MR) is 91.0 cm³/mol. The van der Waals surface area contributed by atoms with Gasteiger partial charge in [-0.3, -0.25) is 9.67 Å². The molecule has 1 atom stereocenters. The molecule has 0 saturated heterocycles. The number of nitrogens with zero attached hydrogens (tertiary/aromatic N) is 4. The van der Waals surface area contributed by atoms with Crippen LogP contribution in [0.3, 0.4) is 0 Å². The van der Waals surface area contributed by atoms with Crippen LogP contribution in [-0.2, 0) is 13.5 Å². The lowest BCUT2D eigenvalue weighted by molar-refractivity contribution is 0.199. The number of aliphatic hydroxyl groups is 1. The maximum atomic E-state index is 13.6. The van der Waals surface area contributed by atoms with Crippen LogP contribution in [0.1, 0.15) is 35.5 Å². The molecule has 5 nitrogen and oxygen atoms in total. The van der Waals surface area contributed by atoms with Crippen molar-refractivity contribution in [1.82, 2.24) is 14.8 Å². The lowest BCUT2D eigenvalue weighted by Gasteiger charge is -2.15. The van der Waals surface area contributed by atoms with E-state index in [0.717, 1.165) is 22.4 Å². The van der Waals surface area contributed by atoms with Crippen molar-refractivity contribution in [3.63, 3.8) is 0 Å². The summed E-state index contributed by atoms with van der Waals surface area (Å²) in [4.78, 5) is 4.17. The average molecular weight is 336 g/mol. The van der Waals surface area contributed by atoms with E-state index in [1.165, 1.54) is 16.8 Å². The van der Waals surface area contributed by atoms with Crippen molar-refractivity contribution in [3.8, 4) is 17.2 Å². The molecular weight excluding hydrogens is 319 g/mol. The third kappa shape index (κ3) is 3.42. The van der Waals surface area contributed by atoms with Crippen LogP contribution < -0.4 is 0 Å². The van der Waals surface area contributed by atoms with Crippen molar-refractivity contribution in [1.29, 1.82) is 5.26 Å². The Morgan fingerprint density at radius 1 is 1.28 bits per heavy atom. The molecular formula is C19H17FN4O. The number of aliphatic hydroxyl groups excluding tert-OH is 1. The van der Waals surface area contributed by atoms with Crippen LogP contribution in [0.15, 0.2) is 42.7 Å². The minimum Gasteiger partial charge on any atom is -0.389 e. The first-order valence-electron chi connectivity index (χ1n) is 7.83. The zero-order chi connectivity index (χ0) is 18.0. The van der Waals surface area contributed by atoms with Crippen molar-refractivity contribution in [2.24, 2.45) is 7.05 Å². The van der Waals surface area contributed by atoms with E-state index in [4.69, 9.17) is 5.26 Å². The molecule has 0 fully saturated rings. The Labute approximate surface area is 145 Å². The zero-order valence-corrected chi connectivity index (χ0v) is 13.9. The summed E-state index contributed by atoms with van der Waals surface area (Å²) in [5.74, 6) is -0.390. The summed E-state index contributed by atoms with van der Waals surface area (Å²) in [6, 6.07) is 10.0. The standard InChI is InChI=1S/C19H17FN4O/c1-12(25)19-8-14(20)3-4-18(19)17-5-6-22-11-13(17)7-15-9-16(10-21)24(2)23-15/h3-6,8-9,11-12,25H,7H2,1-2H3. The Morgan fingerprint density at radius 2 is 2.08 bits per heavy atom. The summed E-state index contributed by atoms with van der Waals surface area (Å²) in [6.45, 7) is 1.61. The molecule has 0 saturated carbocycles. The molecule has 2 aromatic heterocycles. The van der Waals surface area contributed by atoms with Crippen LogP contribution in [-0.4, -0.2) is 19.9 Å². The summed E-state index contributed by atoms with van der Waals surface area (Å²) in [5, 5.41) is 23.4. The molecule has 1 aromatic carbocycles. The first kappa shape index (κ1) is 16.8. The molecule has 0 bridgehead atoms. The zero-order valence-electron chi connectivity index (χ0n) is 13.9. The van der Waals surface area contributed by atoms with E-state index >= 15 is 0 Å². The van der Waals surface area contributed by atoms with Crippen molar-refractivity contribution in [2.75, 3.05) is 0 Å². The van der Waals surface area contributed by atoms with E-state index in [9.17, 15) is 9.50 Å². The first-order chi connectivity index (χ1) is 12.0. The predicted octanol–water partition coefficient (Wildman–Crippen LogP) is 3.14. The second-order valence-corrected chi connectivity index (χ2v) is 5.87. The van der Waals surface area contributed by atoms with Gasteiger partial charge in [0.05, 0.1) is 11.8 Å². The Bertz CT molecular complexity index is 956. The van der Waals surface area contributed by atoms with E-state index in [1.807, 2.05) is 6.07 Å². The van der Waals surface area contributed by atoms with Gasteiger partial charge in [-0.15, -0.1) is 0 Å². The maximum Gasteiger partial charge on any atom is 0.138 e. The molecule has 3 aromatic rings. The third-order valence-corrected chi connectivity index (χ3v) is 4.07. The van der Waals surface area contributed by atoms with Crippen LogP contribution in [0.5, 0.6) is 0 Å². The van der Waals surface area contributed by atoms with Crippen LogP contribution in [0.25, 0.3) is 11.1 Å². The highest BCUT2D eigenvalue weighted by Gasteiger charge is 2.15. The van der Waals surface area contributed by atoms with Crippen molar-refractivity contribution in [3.05, 3.63) is 71.1 Å². The van der Waals surface area contributed by atoms with Gasteiger partial charge in [0.15, 0.2) is 0 Å². The van der Waals surface area contributed by atoms with Crippen molar-refractivity contribution in [2.45, 2.75) is 19.4 Å². The molecule has 0 aliphatic carbocycles. The topological polar surface area (TPSA) is 74.7 Å². The normalized spacial score (nSPS) is 12.0.